The van der Waals surface area contributed by atoms with E-state index in [0.717, 1.165) is 52.9 Å². The zero-order valence-corrected chi connectivity index (χ0v) is 20.1. The van der Waals surface area contributed by atoms with Crippen LogP contribution in [-0.4, -0.2) is 38.9 Å². The summed E-state index contributed by atoms with van der Waals surface area (Å²) in [7, 11) is 1.88. The Bertz CT molecular complexity index is 1200. The van der Waals surface area contributed by atoms with E-state index in [9.17, 15) is 4.79 Å². The van der Waals surface area contributed by atoms with Crippen LogP contribution in [-0.2, 0) is 6.54 Å². The molecule has 3 heterocycles. The van der Waals surface area contributed by atoms with Gasteiger partial charge in [0.25, 0.3) is 5.91 Å². The lowest BCUT2D eigenvalue weighted by molar-refractivity contribution is 0.0792. The van der Waals surface area contributed by atoms with Gasteiger partial charge >= 0.3 is 0 Å². The maximum atomic E-state index is 13.2. The first kappa shape index (κ1) is 22.7. The molecule has 0 spiro atoms. The number of thiazole rings is 1. The zero-order valence-electron chi connectivity index (χ0n) is 19.3. The van der Waals surface area contributed by atoms with E-state index < -0.39 is 0 Å². The number of benzene rings is 1. The smallest absolute Gasteiger partial charge is 0.255 e. The van der Waals surface area contributed by atoms with Crippen LogP contribution in [0.1, 0.15) is 41.4 Å². The van der Waals surface area contributed by atoms with E-state index in [1.165, 1.54) is 16.9 Å². The molecule has 3 aromatic heterocycles. The van der Waals surface area contributed by atoms with E-state index in [1.54, 1.807) is 12.4 Å². The molecule has 1 aromatic carbocycles. The average molecular weight is 460 g/mol. The third kappa shape index (κ3) is 5.31. The fourth-order valence-electron chi connectivity index (χ4n) is 3.76. The maximum absolute atomic E-state index is 13.2. The van der Waals surface area contributed by atoms with E-state index in [-0.39, 0.29) is 5.91 Å². The van der Waals surface area contributed by atoms with Crippen molar-refractivity contribution < 1.29 is 4.79 Å². The number of amides is 1. The Morgan fingerprint density at radius 3 is 2.73 bits per heavy atom. The summed E-state index contributed by atoms with van der Waals surface area (Å²) < 4.78 is 2.19. The van der Waals surface area contributed by atoms with Crippen molar-refractivity contribution in [3.05, 3.63) is 83.1 Å². The summed E-state index contributed by atoms with van der Waals surface area (Å²) in [5.41, 5.74) is 5.55. The van der Waals surface area contributed by atoms with Gasteiger partial charge in [-0.25, -0.2) is 4.98 Å². The van der Waals surface area contributed by atoms with Crippen LogP contribution >= 0.6 is 11.3 Å². The molecule has 7 heteroatoms. The normalized spacial score (nSPS) is 10.9. The molecule has 4 rings (SSSR count). The summed E-state index contributed by atoms with van der Waals surface area (Å²) in [4.78, 5) is 24.0. The molecule has 4 aromatic rings. The Labute approximate surface area is 198 Å². The second-order valence-corrected chi connectivity index (χ2v) is 8.94. The highest BCUT2D eigenvalue weighted by Gasteiger charge is 2.22. The molecular formula is C26H29N5OS. The Morgan fingerprint density at radius 1 is 1.18 bits per heavy atom. The van der Waals surface area contributed by atoms with Gasteiger partial charge in [-0.3, -0.25) is 9.78 Å². The van der Waals surface area contributed by atoms with E-state index >= 15 is 0 Å². The van der Waals surface area contributed by atoms with Crippen molar-refractivity contribution >= 4 is 28.1 Å². The topological polar surface area (TPSA) is 63.1 Å². The zero-order chi connectivity index (χ0) is 23.2. The molecule has 0 radical (unpaired) electrons. The highest BCUT2D eigenvalue weighted by molar-refractivity contribution is 7.14. The summed E-state index contributed by atoms with van der Waals surface area (Å²) in [5, 5.41) is 6.13. The fourth-order valence-corrected chi connectivity index (χ4v) is 4.48. The predicted molar refractivity (Wildman–Crippen MR) is 135 cm³/mol. The average Bonchev–Trinajstić information content (AvgIpc) is 3.43. The van der Waals surface area contributed by atoms with Gasteiger partial charge in [0.2, 0.25) is 0 Å². The third-order valence-electron chi connectivity index (χ3n) is 5.65. The summed E-state index contributed by atoms with van der Waals surface area (Å²) in [5.74, 6) is 0.0537. The lowest BCUT2D eigenvalue weighted by Gasteiger charge is -2.17. The van der Waals surface area contributed by atoms with Crippen LogP contribution in [0.5, 0.6) is 0 Å². The number of carbonyl (C=O) groups is 1. The van der Waals surface area contributed by atoms with Crippen LogP contribution in [0.25, 0.3) is 11.4 Å². The molecule has 0 fully saturated rings. The SMILES string of the molecule is CCCCN(C)C(=O)c1cc(-c2csc(Nc3cccnc3)n2)n(Cc2ccccc2)c1C. The first-order valence-corrected chi connectivity index (χ1v) is 12.1. The van der Waals surface area contributed by atoms with Crippen LogP contribution in [0, 0.1) is 6.92 Å². The molecule has 1 N–H and O–H groups in total. The van der Waals surface area contributed by atoms with Crippen LogP contribution in [0.15, 0.2) is 66.3 Å². The molecule has 0 saturated heterocycles. The van der Waals surface area contributed by atoms with Gasteiger partial charge in [0.1, 0.15) is 0 Å². The van der Waals surface area contributed by atoms with E-state index in [4.69, 9.17) is 4.98 Å². The fraction of sp³-hybridized carbons (Fsp3) is 0.269. The minimum Gasteiger partial charge on any atom is -0.342 e. The molecule has 0 bridgehead atoms. The minimum atomic E-state index is 0.0537. The number of hydrogen-bond donors (Lipinski definition) is 1. The number of pyridine rings is 1. The van der Waals surface area contributed by atoms with E-state index in [1.807, 2.05) is 60.6 Å². The van der Waals surface area contributed by atoms with Crippen molar-refractivity contribution in [2.75, 3.05) is 18.9 Å². The molecule has 0 aliphatic carbocycles. The van der Waals surface area contributed by atoms with Gasteiger partial charge in [-0.05, 0) is 37.1 Å². The molecular weight excluding hydrogens is 430 g/mol. The molecule has 6 nitrogen and oxygen atoms in total. The second kappa shape index (κ2) is 10.4. The van der Waals surface area contributed by atoms with E-state index in [2.05, 4.69) is 33.9 Å². The molecule has 0 aliphatic heterocycles. The Hall–Kier alpha value is -3.45. The number of rotatable bonds is 9. The minimum absolute atomic E-state index is 0.0537. The largest absolute Gasteiger partial charge is 0.342 e. The van der Waals surface area contributed by atoms with Crippen LogP contribution in [0.3, 0.4) is 0 Å². The molecule has 0 aliphatic rings. The molecule has 0 atom stereocenters. The summed E-state index contributed by atoms with van der Waals surface area (Å²) in [6.07, 6.45) is 5.57. The Kier molecular flexibility index (Phi) is 7.19. The number of anilines is 2. The third-order valence-corrected chi connectivity index (χ3v) is 6.41. The van der Waals surface area contributed by atoms with Gasteiger partial charge in [-0.15, -0.1) is 11.3 Å². The van der Waals surface area contributed by atoms with Crippen molar-refractivity contribution in [3.8, 4) is 11.4 Å². The Balaban J connectivity index is 1.69. The van der Waals surface area contributed by atoms with Crippen molar-refractivity contribution in [3.63, 3.8) is 0 Å². The van der Waals surface area contributed by atoms with Gasteiger partial charge in [0, 0.05) is 37.4 Å². The van der Waals surface area contributed by atoms with Gasteiger partial charge in [0.15, 0.2) is 5.13 Å². The second-order valence-electron chi connectivity index (χ2n) is 8.09. The first-order valence-electron chi connectivity index (χ1n) is 11.2. The van der Waals surface area contributed by atoms with Gasteiger partial charge in [-0.1, -0.05) is 43.7 Å². The number of aromatic nitrogens is 3. The number of carbonyl (C=O) groups excluding carboxylic acids is 1. The summed E-state index contributed by atoms with van der Waals surface area (Å²) >= 11 is 1.54. The molecule has 0 saturated carbocycles. The number of unbranched alkanes of at least 4 members (excludes halogenated alkanes) is 1. The highest BCUT2D eigenvalue weighted by Crippen LogP contribution is 2.31. The monoisotopic (exact) mass is 459 g/mol. The predicted octanol–water partition coefficient (Wildman–Crippen LogP) is 5.98. The molecule has 1 amide bonds. The quantitative estimate of drug-likeness (QED) is 0.334. The molecule has 0 unspecified atom stereocenters. The summed E-state index contributed by atoms with van der Waals surface area (Å²) in [6, 6.07) is 16.1. The lowest BCUT2D eigenvalue weighted by atomic mass is 10.2. The van der Waals surface area contributed by atoms with Crippen molar-refractivity contribution in [2.24, 2.45) is 0 Å². The van der Waals surface area contributed by atoms with Crippen LogP contribution < -0.4 is 5.32 Å². The van der Waals surface area contributed by atoms with Gasteiger partial charge < -0.3 is 14.8 Å². The van der Waals surface area contributed by atoms with Crippen molar-refractivity contribution in [2.45, 2.75) is 33.2 Å². The number of nitrogens with one attached hydrogen (secondary N) is 1. The number of nitrogens with zero attached hydrogens (tertiary/aromatic N) is 4. The van der Waals surface area contributed by atoms with Crippen LogP contribution in [0.2, 0.25) is 0 Å². The Morgan fingerprint density at radius 2 is 2.00 bits per heavy atom. The van der Waals surface area contributed by atoms with Crippen molar-refractivity contribution in [1.29, 1.82) is 0 Å². The highest BCUT2D eigenvalue weighted by atomic mass is 32.1. The molecule has 33 heavy (non-hydrogen) atoms. The van der Waals surface area contributed by atoms with E-state index in [0.29, 0.717) is 6.54 Å². The first-order chi connectivity index (χ1) is 16.1. The van der Waals surface area contributed by atoms with Crippen LogP contribution in [0.4, 0.5) is 10.8 Å². The maximum Gasteiger partial charge on any atom is 0.255 e. The number of hydrogen-bond acceptors (Lipinski definition) is 5. The van der Waals surface area contributed by atoms with Crippen molar-refractivity contribution in [1.82, 2.24) is 19.4 Å². The van der Waals surface area contributed by atoms with Gasteiger partial charge in [0.05, 0.1) is 28.8 Å². The standard InChI is InChI=1S/C26H29N5OS/c1-4-5-14-30(3)25(32)22-15-24(31(19(22)2)17-20-10-7-6-8-11-20)23-18-33-26(29-23)28-21-12-9-13-27-16-21/h6-13,15-16,18H,4-5,14,17H2,1-3H3,(H,28,29). The summed E-state index contributed by atoms with van der Waals surface area (Å²) in [6.45, 7) is 5.59. The lowest BCUT2D eigenvalue weighted by Crippen LogP contribution is -2.28. The van der Waals surface area contributed by atoms with Gasteiger partial charge in [-0.2, -0.15) is 0 Å². The molecule has 170 valence electrons.